The molecule has 0 spiro atoms. The topological polar surface area (TPSA) is 30.0 Å². The van der Waals surface area contributed by atoms with Gasteiger partial charge in [-0.15, -0.1) is 11.3 Å². The molecule has 15 heavy (non-hydrogen) atoms. The number of rotatable bonds is 2. The minimum atomic E-state index is 0.695. The van der Waals surface area contributed by atoms with Crippen molar-refractivity contribution >= 4 is 33.6 Å². The predicted octanol–water partition coefficient (Wildman–Crippen LogP) is 3.69. The Morgan fingerprint density at radius 2 is 2.13 bits per heavy atom. The normalized spacial score (nSPS) is 10.3. The van der Waals surface area contributed by atoms with Crippen molar-refractivity contribution < 1.29 is 4.79 Å². The fourth-order valence-corrected chi connectivity index (χ4v) is 2.79. The number of hydrogen-bond donors (Lipinski definition) is 0. The number of aldehydes is 1. The lowest BCUT2D eigenvalue weighted by Crippen LogP contribution is -1.79. The number of thiazole rings is 1. The summed E-state index contributed by atoms with van der Waals surface area (Å²) in [5.41, 5.74) is 1.82. The van der Waals surface area contributed by atoms with Crippen LogP contribution in [0.25, 0.3) is 10.6 Å². The molecule has 1 aromatic carbocycles. The van der Waals surface area contributed by atoms with Gasteiger partial charge in [0.25, 0.3) is 0 Å². The van der Waals surface area contributed by atoms with Crippen LogP contribution in [-0.2, 0) is 0 Å². The number of benzene rings is 1. The van der Waals surface area contributed by atoms with E-state index in [4.69, 9.17) is 0 Å². The maximum absolute atomic E-state index is 10.7. The summed E-state index contributed by atoms with van der Waals surface area (Å²) in [5, 5.41) is 0.877. The molecule has 0 saturated carbocycles. The Hall–Kier alpha value is -1.00. The largest absolute Gasteiger partial charge is 0.297 e. The van der Waals surface area contributed by atoms with E-state index in [1.807, 2.05) is 31.2 Å². The van der Waals surface area contributed by atoms with Crippen molar-refractivity contribution in [2.24, 2.45) is 0 Å². The average molecular weight is 282 g/mol. The van der Waals surface area contributed by atoms with Crippen LogP contribution in [-0.4, -0.2) is 11.3 Å². The van der Waals surface area contributed by atoms with E-state index in [0.717, 1.165) is 27.0 Å². The predicted molar refractivity (Wildman–Crippen MR) is 65.4 cm³/mol. The summed E-state index contributed by atoms with van der Waals surface area (Å²) in [6.07, 6.45) is 0.855. The highest BCUT2D eigenvalue weighted by atomic mass is 79.9. The van der Waals surface area contributed by atoms with Gasteiger partial charge in [-0.05, 0) is 13.0 Å². The average Bonchev–Trinajstić information content (AvgIpc) is 2.60. The van der Waals surface area contributed by atoms with E-state index in [2.05, 4.69) is 20.9 Å². The minimum absolute atomic E-state index is 0.695. The van der Waals surface area contributed by atoms with Gasteiger partial charge < -0.3 is 0 Å². The third-order valence-corrected chi connectivity index (χ3v) is 3.85. The lowest BCUT2D eigenvalue weighted by atomic mass is 10.2. The number of aryl methyl sites for hydroxylation is 1. The standard InChI is InChI=1S/C11H8BrNOS/c1-7-10(6-14)15-11(13-7)8-4-2-3-5-9(8)12/h2-6H,1H3. The molecule has 0 fully saturated rings. The zero-order valence-electron chi connectivity index (χ0n) is 8.03. The molecule has 0 atom stereocenters. The third kappa shape index (κ3) is 2.01. The molecule has 76 valence electrons. The van der Waals surface area contributed by atoms with Crippen LogP contribution in [0.4, 0.5) is 0 Å². The van der Waals surface area contributed by atoms with E-state index in [1.165, 1.54) is 11.3 Å². The van der Waals surface area contributed by atoms with E-state index in [0.29, 0.717) is 4.88 Å². The van der Waals surface area contributed by atoms with Crippen LogP contribution >= 0.6 is 27.3 Å². The van der Waals surface area contributed by atoms with E-state index < -0.39 is 0 Å². The molecule has 4 heteroatoms. The SMILES string of the molecule is Cc1nc(-c2ccccc2Br)sc1C=O. The van der Waals surface area contributed by atoms with Crippen LogP contribution in [0.2, 0.25) is 0 Å². The number of aromatic nitrogens is 1. The van der Waals surface area contributed by atoms with Gasteiger partial charge in [-0.25, -0.2) is 4.98 Å². The van der Waals surface area contributed by atoms with Crippen molar-refractivity contribution in [2.45, 2.75) is 6.92 Å². The van der Waals surface area contributed by atoms with Crippen LogP contribution in [0.1, 0.15) is 15.4 Å². The number of hydrogen-bond acceptors (Lipinski definition) is 3. The first kappa shape index (κ1) is 10.5. The van der Waals surface area contributed by atoms with Crippen molar-refractivity contribution in [3.8, 4) is 10.6 Å². The molecule has 2 rings (SSSR count). The lowest BCUT2D eigenvalue weighted by Gasteiger charge is -1.98. The Bertz CT molecular complexity index is 507. The van der Waals surface area contributed by atoms with Crippen molar-refractivity contribution in [3.63, 3.8) is 0 Å². The van der Waals surface area contributed by atoms with Crippen LogP contribution in [0.5, 0.6) is 0 Å². The zero-order chi connectivity index (χ0) is 10.8. The Morgan fingerprint density at radius 3 is 2.73 bits per heavy atom. The molecule has 0 aliphatic heterocycles. The van der Waals surface area contributed by atoms with Crippen molar-refractivity contribution in [2.75, 3.05) is 0 Å². The number of carbonyl (C=O) groups is 1. The molecule has 0 aliphatic rings. The molecule has 0 N–H and O–H groups in total. The second-order valence-electron chi connectivity index (χ2n) is 3.07. The molecule has 0 saturated heterocycles. The molecule has 1 aromatic heterocycles. The van der Waals surface area contributed by atoms with Gasteiger partial charge in [0.2, 0.25) is 0 Å². The fourth-order valence-electron chi connectivity index (χ4n) is 1.27. The van der Waals surface area contributed by atoms with Crippen LogP contribution < -0.4 is 0 Å². The molecule has 0 bridgehead atoms. The summed E-state index contributed by atoms with van der Waals surface area (Å²) in [6.45, 7) is 1.85. The monoisotopic (exact) mass is 281 g/mol. The van der Waals surface area contributed by atoms with E-state index >= 15 is 0 Å². The summed E-state index contributed by atoms with van der Waals surface area (Å²) in [4.78, 5) is 15.8. The smallest absolute Gasteiger partial charge is 0.161 e. The maximum atomic E-state index is 10.7. The van der Waals surface area contributed by atoms with E-state index in [9.17, 15) is 4.79 Å². The molecule has 2 aromatic rings. The molecule has 0 aliphatic carbocycles. The Morgan fingerprint density at radius 1 is 1.40 bits per heavy atom. The summed E-state index contributed by atoms with van der Waals surface area (Å²) < 4.78 is 0.996. The Balaban J connectivity index is 2.55. The quantitative estimate of drug-likeness (QED) is 0.786. The van der Waals surface area contributed by atoms with Crippen LogP contribution in [0, 0.1) is 6.92 Å². The minimum Gasteiger partial charge on any atom is -0.297 e. The first-order chi connectivity index (χ1) is 7.22. The van der Waals surface area contributed by atoms with Crippen LogP contribution in [0.15, 0.2) is 28.7 Å². The second kappa shape index (κ2) is 4.24. The molecule has 0 amide bonds. The highest BCUT2D eigenvalue weighted by Crippen LogP contribution is 2.32. The van der Waals surface area contributed by atoms with Crippen LogP contribution in [0.3, 0.4) is 0 Å². The fraction of sp³-hybridized carbons (Fsp3) is 0.0909. The van der Waals surface area contributed by atoms with Gasteiger partial charge in [0.1, 0.15) is 5.01 Å². The van der Waals surface area contributed by atoms with E-state index in [1.54, 1.807) is 0 Å². The third-order valence-electron chi connectivity index (χ3n) is 2.04. The second-order valence-corrected chi connectivity index (χ2v) is 4.95. The van der Waals surface area contributed by atoms with Crippen molar-refractivity contribution in [1.29, 1.82) is 0 Å². The van der Waals surface area contributed by atoms with Crippen molar-refractivity contribution in [1.82, 2.24) is 4.98 Å². The van der Waals surface area contributed by atoms with Gasteiger partial charge >= 0.3 is 0 Å². The van der Waals surface area contributed by atoms with Gasteiger partial charge in [-0.1, -0.05) is 34.1 Å². The first-order valence-electron chi connectivity index (χ1n) is 4.40. The highest BCUT2D eigenvalue weighted by molar-refractivity contribution is 9.10. The van der Waals surface area contributed by atoms with Gasteiger partial charge in [-0.3, -0.25) is 4.79 Å². The number of halogens is 1. The number of nitrogens with zero attached hydrogens (tertiary/aromatic N) is 1. The van der Waals surface area contributed by atoms with Crippen molar-refractivity contribution in [3.05, 3.63) is 39.3 Å². The van der Waals surface area contributed by atoms with Gasteiger partial charge in [0.05, 0.1) is 10.6 Å². The summed E-state index contributed by atoms with van der Waals surface area (Å²) in [5.74, 6) is 0. The van der Waals surface area contributed by atoms with Gasteiger partial charge in [0.15, 0.2) is 6.29 Å². The molecule has 0 radical (unpaired) electrons. The molecule has 0 unspecified atom stereocenters. The highest BCUT2D eigenvalue weighted by Gasteiger charge is 2.10. The van der Waals surface area contributed by atoms with E-state index in [-0.39, 0.29) is 0 Å². The number of carbonyl (C=O) groups excluding carboxylic acids is 1. The van der Waals surface area contributed by atoms with Gasteiger partial charge in [-0.2, -0.15) is 0 Å². The van der Waals surface area contributed by atoms with Gasteiger partial charge in [0, 0.05) is 10.0 Å². The maximum Gasteiger partial charge on any atom is 0.161 e. The first-order valence-corrected chi connectivity index (χ1v) is 6.01. The molecular weight excluding hydrogens is 274 g/mol. The summed E-state index contributed by atoms with van der Waals surface area (Å²) >= 11 is 4.88. The zero-order valence-corrected chi connectivity index (χ0v) is 10.4. The Labute approximate surface area is 100 Å². The molecule has 2 nitrogen and oxygen atoms in total. The Kier molecular flexibility index (Phi) is 2.98. The molecular formula is C11H8BrNOS. The molecule has 1 heterocycles. The lowest BCUT2D eigenvalue weighted by molar-refractivity contribution is 0.112. The summed E-state index contributed by atoms with van der Waals surface area (Å²) in [7, 11) is 0. The summed E-state index contributed by atoms with van der Waals surface area (Å²) in [6, 6.07) is 7.86.